The normalized spacial score (nSPS) is 10.3. The van der Waals surface area contributed by atoms with Gasteiger partial charge in [-0.3, -0.25) is 10.1 Å². The van der Waals surface area contributed by atoms with Crippen molar-refractivity contribution in [3.8, 4) is 5.69 Å². The number of fused-ring (bicyclic) bond motifs is 1. The Bertz CT molecular complexity index is 829. The average Bonchev–Trinajstić information content (AvgIpc) is 2.84. The maximum Gasteiger partial charge on any atom is 0.269 e. The molecule has 6 nitrogen and oxygen atoms in total. The molecule has 0 spiro atoms. The smallest absolute Gasteiger partial charge is 0.269 e. The molecule has 1 aromatic carbocycles. The van der Waals surface area contributed by atoms with Gasteiger partial charge in [-0.2, -0.15) is 0 Å². The third-order valence-electron chi connectivity index (χ3n) is 3.30. The van der Waals surface area contributed by atoms with E-state index in [-0.39, 0.29) is 18.1 Å². The van der Waals surface area contributed by atoms with Crippen molar-refractivity contribution in [1.82, 2.24) is 9.55 Å². The molecule has 21 heavy (non-hydrogen) atoms. The van der Waals surface area contributed by atoms with E-state index < -0.39 is 4.92 Å². The number of halogens is 1. The molecule has 0 amide bonds. The lowest BCUT2D eigenvalue weighted by molar-refractivity contribution is -0.384. The van der Waals surface area contributed by atoms with Crippen molar-refractivity contribution >= 4 is 34.8 Å². The summed E-state index contributed by atoms with van der Waals surface area (Å²) in [5.74, 6) is 0.473. The van der Waals surface area contributed by atoms with Crippen LogP contribution in [-0.2, 0) is 0 Å². The van der Waals surface area contributed by atoms with E-state index in [1.54, 1.807) is 18.3 Å². The fourth-order valence-corrected chi connectivity index (χ4v) is 2.32. The molecule has 0 saturated heterocycles. The lowest BCUT2D eigenvalue weighted by Gasteiger charge is -2.09. The predicted molar refractivity (Wildman–Crippen MR) is 84.1 cm³/mol. The number of nitro groups is 1. The van der Waals surface area contributed by atoms with E-state index in [1.165, 1.54) is 6.07 Å². The molecule has 2 N–H and O–H groups in total. The number of hydrogen-bond acceptors (Lipinski definition) is 4. The third kappa shape index (κ3) is 2.41. The Kier molecular flexibility index (Phi) is 3.82. The molecule has 0 radical (unpaired) electrons. The molecule has 3 aromatic rings. The number of nitrogens with zero attached hydrogens (tertiary/aromatic N) is 3. The zero-order chi connectivity index (χ0) is 14.3. The summed E-state index contributed by atoms with van der Waals surface area (Å²) < 4.78 is 1.95. The van der Waals surface area contributed by atoms with E-state index >= 15 is 0 Å². The van der Waals surface area contributed by atoms with Gasteiger partial charge in [-0.1, -0.05) is 0 Å². The Labute approximate surface area is 126 Å². The first-order valence-corrected chi connectivity index (χ1v) is 6.05. The summed E-state index contributed by atoms with van der Waals surface area (Å²) >= 11 is 0. The highest BCUT2D eigenvalue weighted by Gasteiger charge is 2.11. The standard InChI is InChI=1S/C14H12N4O2.ClH/c1-9-8-10(18(19)20)2-3-12(9)17-7-5-11-13(17)4-6-16-14(11)15;/h2-8H,1H3,(H2,15,16);1H. The van der Waals surface area contributed by atoms with Gasteiger partial charge in [0.15, 0.2) is 0 Å². The number of nitro benzene ring substituents is 1. The van der Waals surface area contributed by atoms with Crippen LogP contribution in [0.5, 0.6) is 0 Å². The summed E-state index contributed by atoms with van der Waals surface area (Å²) in [6.45, 7) is 1.85. The molecule has 0 aliphatic rings. The molecule has 2 heterocycles. The number of hydrogen-bond donors (Lipinski definition) is 1. The first-order valence-electron chi connectivity index (χ1n) is 6.05. The van der Waals surface area contributed by atoms with Crippen LogP contribution in [0.3, 0.4) is 0 Å². The highest BCUT2D eigenvalue weighted by Crippen LogP contribution is 2.27. The topological polar surface area (TPSA) is 87.0 Å². The largest absolute Gasteiger partial charge is 0.383 e. The van der Waals surface area contributed by atoms with E-state index in [0.717, 1.165) is 22.2 Å². The van der Waals surface area contributed by atoms with Crippen molar-refractivity contribution in [1.29, 1.82) is 0 Å². The number of aromatic nitrogens is 2. The van der Waals surface area contributed by atoms with Crippen molar-refractivity contribution in [3.05, 3.63) is 58.4 Å². The first kappa shape index (κ1) is 14.8. The second-order valence-electron chi connectivity index (χ2n) is 4.54. The number of anilines is 1. The Balaban J connectivity index is 0.00000161. The number of benzene rings is 1. The fourth-order valence-electron chi connectivity index (χ4n) is 2.32. The molecular weight excluding hydrogens is 292 g/mol. The molecule has 0 unspecified atom stereocenters. The molecule has 0 atom stereocenters. The van der Waals surface area contributed by atoms with Crippen LogP contribution in [0.25, 0.3) is 16.6 Å². The lowest BCUT2D eigenvalue weighted by atomic mass is 10.1. The predicted octanol–water partition coefficient (Wildman–Crippen LogP) is 3.25. The zero-order valence-electron chi connectivity index (χ0n) is 11.2. The van der Waals surface area contributed by atoms with Gasteiger partial charge in [-0.25, -0.2) is 4.98 Å². The van der Waals surface area contributed by atoms with Gasteiger partial charge in [0, 0.05) is 35.6 Å². The van der Waals surface area contributed by atoms with Gasteiger partial charge in [0.05, 0.1) is 10.4 Å². The van der Waals surface area contributed by atoms with E-state index in [0.29, 0.717) is 5.82 Å². The SMILES string of the molecule is Cc1cc([N+](=O)[O-])ccc1-n1ccc2c(N)nccc21.Cl. The summed E-state index contributed by atoms with van der Waals surface area (Å²) in [4.78, 5) is 14.4. The number of nitrogens with two attached hydrogens (primary N) is 1. The summed E-state index contributed by atoms with van der Waals surface area (Å²) in [5.41, 5.74) is 8.56. The van der Waals surface area contributed by atoms with Gasteiger partial charge in [0.25, 0.3) is 5.69 Å². The minimum Gasteiger partial charge on any atom is -0.383 e. The van der Waals surface area contributed by atoms with Crippen molar-refractivity contribution in [3.63, 3.8) is 0 Å². The van der Waals surface area contributed by atoms with Gasteiger partial charge < -0.3 is 10.3 Å². The van der Waals surface area contributed by atoms with Gasteiger partial charge in [0.1, 0.15) is 5.82 Å². The molecule has 0 aliphatic carbocycles. The van der Waals surface area contributed by atoms with Gasteiger partial charge in [-0.15, -0.1) is 12.4 Å². The highest BCUT2D eigenvalue weighted by atomic mass is 35.5. The molecule has 2 aromatic heterocycles. The highest BCUT2D eigenvalue weighted by molar-refractivity contribution is 5.90. The molecule has 0 saturated carbocycles. The minimum atomic E-state index is -0.396. The maximum absolute atomic E-state index is 10.8. The number of pyridine rings is 1. The second kappa shape index (κ2) is 5.41. The van der Waals surface area contributed by atoms with Crippen LogP contribution in [0.4, 0.5) is 11.5 Å². The number of non-ortho nitro benzene ring substituents is 1. The van der Waals surface area contributed by atoms with Crippen LogP contribution in [0.15, 0.2) is 42.7 Å². The summed E-state index contributed by atoms with van der Waals surface area (Å²) in [7, 11) is 0. The Morgan fingerprint density at radius 3 is 2.71 bits per heavy atom. The van der Waals surface area contributed by atoms with Crippen LogP contribution < -0.4 is 5.73 Å². The van der Waals surface area contributed by atoms with Crippen molar-refractivity contribution in [2.75, 3.05) is 5.73 Å². The minimum absolute atomic E-state index is 0. The van der Waals surface area contributed by atoms with Crippen LogP contribution >= 0.6 is 12.4 Å². The molecule has 0 fully saturated rings. The second-order valence-corrected chi connectivity index (χ2v) is 4.54. The number of rotatable bonds is 2. The van der Waals surface area contributed by atoms with E-state index in [4.69, 9.17) is 5.73 Å². The Morgan fingerprint density at radius 1 is 1.29 bits per heavy atom. The van der Waals surface area contributed by atoms with E-state index in [2.05, 4.69) is 4.98 Å². The van der Waals surface area contributed by atoms with Crippen molar-refractivity contribution in [2.24, 2.45) is 0 Å². The molecule has 3 rings (SSSR count). The van der Waals surface area contributed by atoms with Crippen LogP contribution in [0.1, 0.15) is 5.56 Å². The first-order chi connectivity index (χ1) is 9.58. The van der Waals surface area contributed by atoms with Gasteiger partial charge in [-0.05, 0) is 30.7 Å². The number of nitrogen functional groups attached to an aromatic ring is 1. The number of aryl methyl sites for hydroxylation is 1. The van der Waals surface area contributed by atoms with E-state index in [1.807, 2.05) is 29.8 Å². The van der Waals surface area contributed by atoms with Crippen molar-refractivity contribution < 1.29 is 4.92 Å². The average molecular weight is 305 g/mol. The third-order valence-corrected chi connectivity index (χ3v) is 3.30. The Morgan fingerprint density at radius 2 is 2.05 bits per heavy atom. The maximum atomic E-state index is 10.8. The monoisotopic (exact) mass is 304 g/mol. The summed E-state index contributed by atoms with van der Waals surface area (Å²) in [6, 6.07) is 8.55. The quantitative estimate of drug-likeness (QED) is 0.581. The Hall–Kier alpha value is -2.60. The van der Waals surface area contributed by atoms with Gasteiger partial charge >= 0.3 is 0 Å². The van der Waals surface area contributed by atoms with Crippen LogP contribution in [0, 0.1) is 17.0 Å². The fraction of sp³-hybridized carbons (Fsp3) is 0.0714. The molecular formula is C14H13ClN4O2. The van der Waals surface area contributed by atoms with E-state index in [9.17, 15) is 10.1 Å². The summed E-state index contributed by atoms with van der Waals surface area (Å²) in [6.07, 6.45) is 3.53. The van der Waals surface area contributed by atoms with Crippen LogP contribution in [-0.4, -0.2) is 14.5 Å². The molecule has 0 aliphatic heterocycles. The lowest BCUT2D eigenvalue weighted by Crippen LogP contribution is -1.98. The molecule has 0 bridgehead atoms. The van der Waals surface area contributed by atoms with Crippen molar-refractivity contribution in [2.45, 2.75) is 6.92 Å². The summed E-state index contributed by atoms with van der Waals surface area (Å²) in [5, 5.41) is 11.6. The van der Waals surface area contributed by atoms with Crippen LogP contribution in [0.2, 0.25) is 0 Å². The van der Waals surface area contributed by atoms with Gasteiger partial charge in [0.2, 0.25) is 0 Å². The zero-order valence-corrected chi connectivity index (χ0v) is 12.0. The molecule has 7 heteroatoms. The molecule has 108 valence electrons.